The fourth-order valence-electron chi connectivity index (χ4n) is 2.34. The minimum atomic E-state index is -0.00743. The quantitative estimate of drug-likeness (QED) is 0.318. The minimum Gasteiger partial charge on any atom is -0.462 e. The number of unbranched alkanes of at least 4 members (excludes halogenated alkanes) is 6. The molecule has 18 heavy (non-hydrogen) atoms. The van der Waals surface area contributed by atoms with E-state index in [9.17, 15) is 4.79 Å². The van der Waals surface area contributed by atoms with Crippen molar-refractivity contribution in [3.8, 4) is 0 Å². The molecule has 2 heteroatoms. The molecule has 104 valence electrons. The fourth-order valence-corrected chi connectivity index (χ4v) is 2.34. The number of hydrogen-bond acceptors (Lipinski definition) is 2. The summed E-state index contributed by atoms with van der Waals surface area (Å²) in [5, 5.41) is 0. The first-order valence-electron chi connectivity index (χ1n) is 7.67. The van der Waals surface area contributed by atoms with Crippen molar-refractivity contribution in [2.75, 3.05) is 0 Å². The summed E-state index contributed by atoms with van der Waals surface area (Å²) < 4.78 is 5.19. The molecule has 1 atom stereocenters. The van der Waals surface area contributed by atoms with Crippen LogP contribution in [-0.2, 0) is 9.53 Å². The number of hydrogen-bond donors (Lipinski definition) is 0. The summed E-state index contributed by atoms with van der Waals surface area (Å²) in [4.78, 5) is 10.9. The van der Waals surface area contributed by atoms with Gasteiger partial charge in [-0.3, -0.25) is 4.79 Å². The van der Waals surface area contributed by atoms with Gasteiger partial charge in [0.2, 0.25) is 0 Å². The maximum atomic E-state index is 10.9. The fraction of sp³-hybridized carbons (Fsp3) is 0.812. The molecule has 0 radical (unpaired) electrons. The summed E-state index contributed by atoms with van der Waals surface area (Å²) in [6, 6.07) is 0. The Morgan fingerprint density at radius 3 is 2.44 bits per heavy atom. The van der Waals surface area contributed by atoms with Crippen LogP contribution in [0.25, 0.3) is 0 Å². The van der Waals surface area contributed by atoms with Gasteiger partial charge in [0.05, 0.1) is 0 Å². The number of carbonyl (C=O) groups excluding carboxylic acids is 1. The van der Waals surface area contributed by atoms with Gasteiger partial charge >= 0.3 is 5.97 Å². The van der Waals surface area contributed by atoms with E-state index in [-0.39, 0.29) is 12.1 Å². The highest BCUT2D eigenvalue weighted by Crippen LogP contribution is 2.19. The lowest BCUT2D eigenvalue weighted by Gasteiger charge is -2.07. The second kappa shape index (κ2) is 10.2. The summed E-state index contributed by atoms with van der Waals surface area (Å²) in [6.45, 7) is 2.25. The molecule has 0 N–H and O–H groups in total. The second-order valence-electron chi connectivity index (χ2n) is 5.26. The van der Waals surface area contributed by atoms with Crippen LogP contribution < -0.4 is 0 Å². The van der Waals surface area contributed by atoms with E-state index in [1.807, 2.05) is 0 Å². The zero-order valence-corrected chi connectivity index (χ0v) is 11.8. The summed E-state index contributed by atoms with van der Waals surface area (Å²) in [5.74, 6) is -0.00743. The Balaban J connectivity index is 1.83. The molecule has 0 aliphatic carbocycles. The molecule has 0 spiro atoms. The number of esters is 1. The second-order valence-corrected chi connectivity index (χ2v) is 5.26. The predicted octanol–water partition coefficient (Wildman–Crippen LogP) is 4.78. The Hall–Kier alpha value is -0.790. The van der Waals surface area contributed by atoms with Gasteiger partial charge in [-0.1, -0.05) is 38.3 Å². The number of allylic oxidation sites excluding steroid dienone is 2. The maximum absolute atomic E-state index is 10.9. The molecule has 0 bridgehead atoms. The molecule has 1 rings (SSSR count). The van der Waals surface area contributed by atoms with Gasteiger partial charge in [-0.2, -0.15) is 0 Å². The molecule has 0 aromatic carbocycles. The normalized spacial score (nSPS) is 19.6. The van der Waals surface area contributed by atoms with E-state index in [0.717, 1.165) is 12.8 Å². The SMILES string of the molecule is CCCCCCC=CCCCCC1CCC(=O)O1. The maximum Gasteiger partial charge on any atom is 0.306 e. The van der Waals surface area contributed by atoms with Crippen LogP contribution in [0.3, 0.4) is 0 Å². The van der Waals surface area contributed by atoms with Gasteiger partial charge in [0.1, 0.15) is 6.10 Å². The van der Waals surface area contributed by atoms with Crippen molar-refractivity contribution < 1.29 is 9.53 Å². The number of rotatable bonds is 10. The zero-order valence-electron chi connectivity index (χ0n) is 11.8. The Kier molecular flexibility index (Phi) is 8.62. The van der Waals surface area contributed by atoms with E-state index >= 15 is 0 Å². The smallest absolute Gasteiger partial charge is 0.306 e. The van der Waals surface area contributed by atoms with Crippen LogP contribution in [0.15, 0.2) is 12.2 Å². The molecule has 1 heterocycles. The Labute approximate surface area is 112 Å². The van der Waals surface area contributed by atoms with E-state index in [0.29, 0.717) is 6.42 Å². The highest BCUT2D eigenvalue weighted by atomic mass is 16.5. The van der Waals surface area contributed by atoms with E-state index < -0.39 is 0 Å². The summed E-state index contributed by atoms with van der Waals surface area (Å²) >= 11 is 0. The average molecular weight is 252 g/mol. The minimum absolute atomic E-state index is 0.00743. The molecule has 0 saturated carbocycles. The van der Waals surface area contributed by atoms with E-state index in [4.69, 9.17) is 4.74 Å². The molecule has 2 nitrogen and oxygen atoms in total. The van der Waals surface area contributed by atoms with Crippen molar-refractivity contribution in [3.05, 3.63) is 12.2 Å². The van der Waals surface area contributed by atoms with Crippen LogP contribution >= 0.6 is 0 Å². The molecule has 0 amide bonds. The predicted molar refractivity (Wildman–Crippen MR) is 75.5 cm³/mol. The van der Waals surface area contributed by atoms with Gasteiger partial charge in [0.25, 0.3) is 0 Å². The largest absolute Gasteiger partial charge is 0.462 e. The number of ether oxygens (including phenoxy) is 1. The van der Waals surface area contributed by atoms with Crippen molar-refractivity contribution in [3.63, 3.8) is 0 Å². The zero-order chi connectivity index (χ0) is 13.1. The molecule has 0 aromatic rings. The lowest BCUT2D eigenvalue weighted by molar-refractivity contribution is -0.141. The molecule has 0 aromatic heterocycles. The van der Waals surface area contributed by atoms with Crippen LogP contribution in [0.2, 0.25) is 0 Å². The summed E-state index contributed by atoms with van der Waals surface area (Å²) in [6.07, 6.45) is 17.7. The Bertz CT molecular complexity index is 245. The van der Waals surface area contributed by atoms with Crippen LogP contribution in [0.1, 0.15) is 77.6 Å². The molecule has 1 saturated heterocycles. The standard InChI is InChI=1S/C16H28O2/c1-2-3-4-5-6-7-8-9-10-11-12-15-13-14-16(17)18-15/h7-8,15H,2-6,9-14H2,1H3. The van der Waals surface area contributed by atoms with Crippen LogP contribution in [0, 0.1) is 0 Å². The van der Waals surface area contributed by atoms with E-state index in [1.165, 1.54) is 51.4 Å². The Morgan fingerprint density at radius 1 is 1.11 bits per heavy atom. The van der Waals surface area contributed by atoms with Crippen LogP contribution in [0.4, 0.5) is 0 Å². The topological polar surface area (TPSA) is 26.3 Å². The third-order valence-electron chi connectivity index (χ3n) is 3.51. The first-order valence-corrected chi connectivity index (χ1v) is 7.67. The van der Waals surface area contributed by atoms with Crippen molar-refractivity contribution in [2.24, 2.45) is 0 Å². The first-order chi connectivity index (χ1) is 8.83. The summed E-state index contributed by atoms with van der Waals surface area (Å²) in [7, 11) is 0. The molecular formula is C16H28O2. The van der Waals surface area contributed by atoms with Crippen molar-refractivity contribution in [1.29, 1.82) is 0 Å². The van der Waals surface area contributed by atoms with Crippen LogP contribution in [-0.4, -0.2) is 12.1 Å². The van der Waals surface area contributed by atoms with Crippen molar-refractivity contribution in [2.45, 2.75) is 83.7 Å². The molecule has 1 aliphatic heterocycles. The highest BCUT2D eigenvalue weighted by Gasteiger charge is 2.22. The third-order valence-corrected chi connectivity index (χ3v) is 3.51. The number of cyclic esters (lactones) is 1. The van der Waals surface area contributed by atoms with E-state index in [2.05, 4.69) is 19.1 Å². The monoisotopic (exact) mass is 252 g/mol. The van der Waals surface area contributed by atoms with Gasteiger partial charge < -0.3 is 4.74 Å². The van der Waals surface area contributed by atoms with Crippen molar-refractivity contribution >= 4 is 5.97 Å². The lowest BCUT2D eigenvalue weighted by Crippen LogP contribution is -2.05. The van der Waals surface area contributed by atoms with Crippen LogP contribution in [0.5, 0.6) is 0 Å². The lowest BCUT2D eigenvalue weighted by atomic mass is 10.1. The average Bonchev–Trinajstić information content (AvgIpc) is 2.77. The van der Waals surface area contributed by atoms with Crippen molar-refractivity contribution in [1.82, 2.24) is 0 Å². The number of carbonyl (C=O) groups is 1. The molecule has 1 fully saturated rings. The molecular weight excluding hydrogens is 224 g/mol. The van der Waals surface area contributed by atoms with Gasteiger partial charge in [0, 0.05) is 6.42 Å². The highest BCUT2D eigenvalue weighted by molar-refractivity contribution is 5.71. The summed E-state index contributed by atoms with van der Waals surface area (Å²) in [5.41, 5.74) is 0. The molecule has 1 unspecified atom stereocenters. The first kappa shape index (κ1) is 15.3. The van der Waals surface area contributed by atoms with Gasteiger partial charge in [-0.25, -0.2) is 0 Å². The van der Waals surface area contributed by atoms with Gasteiger partial charge in [-0.05, 0) is 44.9 Å². The third kappa shape index (κ3) is 7.52. The van der Waals surface area contributed by atoms with Gasteiger partial charge in [0.15, 0.2) is 0 Å². The Morgan fingerprint density at radius 2 is 1.83 bits per heavy atom. The molecule has 1 aliphatic rings. The van der Waals surface area contributed by atoms with Gasteiger partial charge in [-0.15, -0.1) is 0 Å². The van der Waals surface area contributed by atoms with E-state index in [1.54, 1.807) is 0 Å².